The van der Waals surface area contributed by atoms with E-state index in [1.54, 1.807) is 4.90 Å². The quantitative estimate of drug-likeness (QED) is 0.760. The average Bonchev–Trinajstić information content (AvgIpc) is 3.14. The molecular formula is C22H22N2O6. The zero-order valence-corrected chi connectivity index (χ0v) is 16.9. The van der Waals surface area contributed by atoms with Gasteiger partial charge in [0.2, 0.25) is 11.8 Å². The molecule has 0 radical (unpaired) electrons. The molecule has 156 valence electrons. The first-order chi connectivity index (χ1) is 14.3. The molecular weight excluding hydrogens is 388 g/mol. The van der Waals surface area contributed by atoms with E-state index < -0.39 is 23.8 Å². The number of nitrogens with zero attached hydrogens (tertiary/aromatic N) is 1. The molecule has 1 saturated heterocycles. The largest absolute Gasteiger partial charge is 0.465 e. The summed E-state index contributed by atoms with van der Waals surface area (Å²) in [5.41, 5.74) is 2.09. The molecule has 0 saturated carbocycles. The molecule has 2 aromatic rings. The molecule has 8 heteroatoms. The van der Waals surface area contributed by atoms with Crippen molar-refractivity contribution in [3.63, 3.8) is 0 Å². The molecule has 30 heavy (non-hydrogen) atoms. The first-order valence-electron chi connectivity index (χ1n) is 9.33. The number of methoxy groups -OCH3 is 2. The summed E-state index contributed by atoms with van der Waals surface area (Å²) in [5.74, 6) is -2.45. The number of nitrogens with one attached hydrogen (secondary N) is 1. The Morgan fingerprint density at radius 1 is 1.03 bits per heavy atom. The Morgan fingerprint density at radius 2 is 1.73 bits per heavy atom. The average molecular weight is 410 g/mol. The highest BCUT2D eigenvalue weighted by molar-refractivity contribution is 6.07. The van der Waals surface area contributed by atoms with Gasteiger partial charge in [0.25, 0.3) is 0 Å². The second kappa shape index (κ2) is 8.77. The molecule has 2 aromatic carbocycles. The molecule has 2 amide bonds. The lowest BCUT2D eigenvalue weighted by molar-refractivity contribution is -0.122. The van der Waals surface area contributed by atoms with E-state index in [4.69, 9.17) is 9.47 Å². The van der Waals surface area contributed by atoms with Crippen molar-refractivity contribution in [1.82, 2.24) is 0 Å². The number of carbonyl (C=O) groups excluding carboxylic acids is 4. The van der Waals surface area contributed by atoms with Crippen LogP contribution in [0.15, 0.2) is 42.5 Å². The van der Waals surface area contributed by atoms with Gasteiger partial charge in [-0.2, -0.15) is 0 Å². The van der Waals surface area contributed by atoms with Crippen LogP contribution in [0.25, 0.3) is 0 Å². The van der Waals surface area contributed by atoms with Gasteiger partial charge in [-0.1, -0.05) is 18.2 Å². The Balaban J connectivity index is 1.83. The van der Waals surface area contributed by atoms with Gasteiger partial charge in [-0.3, -0.25) is 9.59 Å². The van der Waals surface area contributed by atoms with Crippen molar-refractivity contribution in [3.8, 4) is 0 Å². The minimum Gasteiger partial charge on any atom is -0.465 e. The summed E-state index contributed by atoms with van der Waals surface area (Å²) in [6.45, 7) is 2.12. The molecule has 1 N–H and O–H groups in total. The highest BCUT2D eigenvalue weighted by atomic mass is 16.5. The zero-order valence-electron chi connectivity index (χ0n) is 16.9. The summed E-state index contributed by atoms with van der Waals surface area (Å²) in [6.07, 6.45) is 0.0460. The lowest BCUT2D eigenvalue weighted by atomic mass is 10.1. The van der Waals surface area contributed by atoms with Crippen LogP contribution in [0.3, 0.4) is 0 Å². The number of hydrogen-bond acceptors (Lipinski definition) is 6. The first-order valence-corrected chi connectivity index (χ1v) is 9.33. The van der Waals surface area contributed by atoms with Crippen LogP contribution in [0.4, 0.5) is 11.4 Å². The van der Waals surface area contributed by atoms with Crippen molar-refractivity contribution >= 4 is 35.1 Å². The van der Waals surface area contributed by atoms with Crippen molar-refractivity contribution in [2.24, 2.45) is 5.92 Å². The van der Waals surface area contributed by atoms with Gasteiger partial charge in [-0.25, -0.2) is 9.59 Å². The third-order valence-electron chi connectivity index (χ3n) is 5.01. The molecule has 8 nitrogen and oxygen atoms in total. The Hall–Kier alpha value is -3.68. The van der Waals surface area contributed by atoms with Crippen LogP contribution >= 0.6 is 0 Å². The lowest BCUT2D eigenvalue weighted by Crippen LogP contribution is -2.29. The summed E-state index contributed by atoms with van der Waals surface area (Å²) < 4.78 is 9.44. The minimum absolute atomic E-state index is 0.0460. The van der Waals surface area contributed by atoms with E-state index in [9.17, 15) is 19.2 Å². The van der Waals surface area contributed by atoms with Gasteiger partial charge in [-0.05, 0) is 36.8 Å². The molecule has 0 aromatic heterocycles. The highest BCUT2D eigenvalue weighted by Gasteiger charge is 2.36. The zero-order chi connectivity index (χ0) is 21.8. The Bertz CT molecular complexity index is 1020. The molecule has 1 fully saturated rings. The van der Waals surface area contributed by atoms with Crippen molar-refractivity contribution in [2.75, 3.05) is 31.0 Å². The summed E-state index contributed by atoms with van der Waals surface area (Å²) in [4.78, 5) is 50.9. The topological polar surface area (TPSA) is 102 Å². The van der Waals surface area contributed by atoms with Gasteiger partial charge in [0, 0.05) is 18.7 Å². The normalized spacial score (nSPS) is 15.6. The second-order valence-electron chi connectivity index (χ2n) is 6.92. The molecule has 1 heterocycles. The number of benzene rings is 2. The van der Waals surface area contributed by atoms with E-state index in [0.717, 1.165) is 11.3 Å². The summed E-state index contributed by atoms with van der Waals surface area (Å²) >= 11 is 0. The summed E-state index contributed by atoms with van der Waals surface area (Å²) in [7, 11) is 2.46. The molecule has 1 atom stereocenters. The number of para-hydroxylation sites is 1. The number of aryl methyl sites for hydroxylation is 1. The Kier molecular flexibility index (Phi) is 6.15. The number of rotatable bonds is 5. The van der Waals surface area contributed by atoms with Crippen LogP contribution in [0.2, 0.25) is 0 Å². The predicted molar refractivity (Wildman–Crippen MR) is 109 cm³/mol. The number of carbonyl (C=O) groups is 4. The van der Waals surface area contributed by atoms with Gasteiger partial charge in [0.05, 0.1) is 37.0 Å². The molecule has 1 aliphatic rings. The SMILES string of the molecule is COC(=O)c1ccc(C(=O)OC)c(NC(=O)[C@@H]2CC(=O)N(c3ccccc3C)C2)c1. The van der Waals surface area contributed by atoms with Crippen molar-refractivity contribution < 1.29 is 28.7 Å². The maximum atomic E-state index is 12.9. The van der Waals surface area contributed by atoms with Crippen molar-refractivity contribution in [3.05, 3.63) is 59.2 Å². The fourth-order valence-electron chi connectivity index (χ4n) is 3.40. The van der Waals surface area contributed by atoms with E-state index in [0.29, 0.717) is 0 Å². The van der Waals surface area contributed by atoms with Crippen LogP contribution in [0.1, 0.15) is 32.7 Å². The van der Waals surface area contributed by atoms with E-state index in [2.05, 4.69) is 5.32 Å². The predicted octanol–water partition coefficient (Wildman–Crippen LogP) is 2.56. The van der Waals surface area contributed by atoms with Gasteiger partial charge >= 0.3 is 11.9 Å². The first kappa shape index (κ1) is 21.0. The van der Waals surface area contributed by atoms with Crippen LogP contribution in [0.5, 0.6) is 0 Å². The number of esters is 2. The van der Waals surface area contributed by atoms with Gasteiger partial charge in [-0.15, -0.1) is 0 Å². The van der Waals surface area contributed by atoms with Crippen molar-refractivity contribution in [2.45, 2.75) is 13.3 Å². The van der Waals surface area contributed by atoms with Gasteiger partial charge in [0.15, 0.2) is 0 Å². The van der Waals surface area contributed by atoms with Crippen LogP contribution in [-0.2, 0) is 19.1 Å². The monoisotopic (exact) mass is 410 g/mol. The summed E-state index contributed by atoms with van der Waals surface area (Å²) in [6, 6.07) is 11.6. The smallest absolute Gasteiger partial charge is 0.339 e. The highest BCUT2D eigenvalue weighted by Crippen LogP contribution is 2.29. The fraction of sp³-hybridized carbons (Fsp3) is 0.273. The van der Waals surface area contributed by atoms with E-state index >= 15 is 0 Å². The molecule has 0 unspecified atom stereocenters. The number of ether oxygens (including phenoxy) is 2. The number of anilines is 2. The van der Waals surface area contributed by atoms with Gasteiger partial charge in [0.1, 0.15) is 0 Å². The third-order valence-corrected chi connectivity index (χ3v) is 5.01. The van der Waals surface area contributed by atoms with Gasteiger partial charge < -0.3 is 19.7 Å². The Labute approximate surface area is 173 Å². The van der Waals surface area contributed by atoms with Crippen LogP contribution in [0, 0.1) is 12.8 Å². The standard InChI is InChI=1S/C22H22N2O6/c1-13-6-4-5-7-18(13)24-12-15(11-19(24)25)20(26)23-17-10-14(21(27)29-2)8-9-16(17)22(28)30-3/h4-10,15H,11-12H2,1-3H3,(H,23,26)/t15-/m1/s1. The van der Waals surface area contributed by atoms with Crippen molar-refractivity contribution in [1.29, 1.82) is 0 Å². The third kappa shape index (κ3) is 4.17. The maximum absolute atomic E-state index is 12.9. The van der Waals surface area contributed by atoms with Crippen LogP contribution < -0.4 is 10.2 Å². The second-order valence-corrected chi connectivity index (χ2v) is 6.92. The molecule has 0 bridgehead atoms. The molecule has 1 aliphatic heterocycles. The minimum atomic E-state index is -0.661. The Morgan fingerprint density at radius 3 is 2.40 bits per heavy atom. The molecule has 0 aliphatic carbocycles. The van der Waals surface area contributed by atoms with E-state index in [1.165, 1.54) is 32.4 Å². The number of hydrogen-bond donors (Lipinski definition) is 1. The fourth-order valence-corrected chi connectivity index (χ4v) is 3.40. The number of amides is 2. The van der Waals surface area contributed by atoms with Crippen LogP contribution in [-0.4, -0.2) is 44.5 Å². The summed E-state index contributed by atoms with van der Waals surface area (Å²) in [5, 5.41) is 2.67. The molecule has 0 spiro atoms. The maximum Gasteiger partial charge on any atom is 0.339 e. The van der Waals surface area contributed by atoms with E-state index in [-0.39, 0.29) is 35.7 Å². The lowest BCUT2D eigenvalue weighted by Gasteiger charge is -2.19. The molecule has 3 rings (SSSR count). The van der Waals surface area contributed by atoms with E-state index in [1.807, 2.05) is 31.2 Å².